The van der Waals surface area contributed by atoms with E-state index in [1.165, 1.54) is 0 Å². The Morgan fingerprint density at radius 2 is 1.69 bits per heavy atom. The van der Waals surface area contributed by atoms with Crippen LogP contribution in [0.3, 0.4) is 0 Å². The molecule has 3 aromatic carbocycles. The molecule has 4 N–H and O–H groups in total. The van der Waals surface area contributed by atoms with Crippen LogP contribution in [0.15, 0.2) is 66.7 Å². The lowest BCUT2D eigenvalue weighted by Crippen LogP contribution is -2.36. The molecule has 182 valence electrons. The van der Waals surface area contributed by atoms with Gasteiger partial charge in [0.15, 0.2) is 0 Å². The van der Waals surface area contributed by atoms with Crippen LogP contribution in [0.5, 0.6) is 0 Å². The molecule has 0 saturated heterocycles. The van der Waals surface area contributed by atoms with E-state index < -0.39 is 18.0 Å². The first kappa shape index (κ1) is 23.2. The summed E-state index contributed by atoms with van der Waals surface area (Å²) < 4.78 is 2.27. The van der Waals surface area contributed by atoms with Crippen molar-refractivity contribution in [3.05, 3.63) is 77.9 Å². The van der Waals surface area contributed by atoms with Crippen LogP contribution in [0.25, 0.3) is 33.2 Å². The Morgan fingerprint density at radius 1 is 0.944 bits per heavy atom. The molecule has 10 heteroatoms. The van der Waals surface area contributed by atoms with Gasteiger partial charge in [0.05, 0.1) is 0 Å². The molecule has 1 atom stereocenters. The van der Waals surface area contributed by atoms with Gasteiger partial charge in [-0.3, -0.25) is 9.59 Å². The first-order valence-corrected chi connectivity index (χ1v) is 11.5. The standard InChI is InChI=1S/C26H24N6O4/c33-24(34)12-10-21(26(35)36)27-14-16-5-7-17(8-6-16)15-32-22-4-2-1-3-19(22)20-13-18(9-11-23(20)32)25-28-30-31-29-25/h1-9,11,13,21,27H,10,12,14-15H2,(H,33,34)(H,35,36)(H,28,29,30,31). The van der Waals surface area contributed by atoms with Gasteiger partial charge >= 0.3 is 11.9 Å². The zero-order valence-corrected chi connectivity index (χ0v) is 19.3. The number of hydrogen-bond acceptors (Lipinski definition) is 6. The summed E-state index contributed by atoms with van der Waals surface area (Å²) in [4.78, 5) is 22.2. The SMILES string of the molecule is O=C(O)CCC(NCc1ccc(Cn2c3ccccc3c3cc(-c4nn[nH]n4)ccc32)cc1)C(=O)O. The zero-order valence-electron chi connectivity index (χ0n) is 19.3. The van der Waals surface area contributed by atoms with Crippen LogP contribution in [0.4, 0.5) is 0 Å². The number of aromatic amines is 1. The van der Waals surface area contributed by atoms with Gasteiger partial charge in [0.25, 0.3) is 0 Å². The maximum Gasteiger partial charge on any atom is 0.320 e. The molecule has 2 heterocycles. The molecule has 36 heavy (non-hydrogen) atoms. The van der Waals surface area contributed by atoms with Crippen LogP contribution < -0.4 is 5.32 Å². The summed E-state index contributed by atoms with van der Waals surface area (Å²) >= 11 is 0. The molecule has 1 unspecified atom stereocenters. The fourth-order valence-electron chi connectivity index (χ4n) is 4.41. The number of H-pyrrole nitrogens is 1. The molecule has 10 nitrogen and oxygen atoms in total. The number of nitrogens with zero attached hydrogens (tertiary/aromatic N) is 4. The minimum Gasteiger partial charge on any atom is -0.481 e. The molecular formula is C26H24N6O4. The van der Waals surface area contributed by atoms with Gasteiger partial charge in [0.1, 0.15) is 6.04 Å². The van der Waals surface area contributed by atoms with E-state index in [2.05, 4.69) is 54.8 Å². The monoisotopic (exact) mass is 484 g/mol. The largest absolute Gasteiger partial charge is 0.481 e. The molecule has 5 rings (SSSR count). The van der Waals surface area contributed by atoms with E-state index in [4.69, 9.17) is 5.11 Å². The van der Waals surface area contributed by atoms with Gasteiger partial charge in [-0.25, -0.2) is 0 Å². The second-order valence-electron chi connectivity index (χ2n) is 8.59. The van der Waals surface area contributed by atoms with Crippen LogP contribution in [0.2, 0.25) is 0 Å². The van der Waals surface area contributed by atoms with Crippen molar-refractivity contribution in [1.29, 1.82) is 0 Å². The fraction of sp³-hybridized carbons (Fsp3) is 0.192. The maximum absolute atomic E-state index is 11.4. The highest BCUT2D eigenvalue weighted by Gasteiger charge is 2.18. The Labute approximate surface area is 205 Å². The number of carboxylic acid groups (broad SMARTS) is 2. The number of tetrazole rings is 1. The summed E-state index contributed by atoms with van der Waals surface area (Å²) in [6, 6.07) is 21.5. The molecule has 0 aliphatic rings. The van der Waals surface area contributed by atoms with E-state index in [0.717, 1.165) is 38.5 Å². The highest BCUT2D eigenvalue weighted by Crippen LogP contribution is 2.32. The number of benzene rings is 3. The van der Waals surface area contributed by atoms with E-state index in [1.807, 2.05) is 42.5 Å². The van der Waals surface area contributed by atoms with Gasteiger partial charge in [0.2, 0.25) is 5.82 Å². The predicted octanol–water partition coefficient (Wildman–Crippen LogP) is 3.43. The van der Waals surface area contributed by atoms with Crippen LogP contribution in [-0.4, -0.2) is 53.4 Å². The highest BCUT2D eigenvalue weighted by molar-refractivity contribution is 6.09. The number of carboxylic acids is 2. The van der Waals surface area contributed by atoms with Crippen molar-refractivity contribution in [3.8, 4) is 11.4 Å². The highest BCUT2D eigenvalue weighted by atomic mass is 16.4. The van der Waals surface area contributed by atoms with Crippen LogP contribution in [0, 0.1) is 0 Å². The second kappa shape index (κ2) is 9.96. The van der Waals surface area contributed by atoms with E-state index in [0.29, 0.717) is 18.9 Å². The number of rotatable bonds is 10. The third kappa shape index (κ3) is 4.80. The Balaban J connectivity index is 1.37. The summed E-state index contributed by atoms with van der Waals surface area (Å²) in [5.74, 6) is -1.52. The van der Waals surface area contributed by atoms with E-state index in [9.17, 15) is 14.7 Å². The van der Waals surface area contributed by atoms with Gasteiger partial charge in [-0.2, -0.15) is 5.21 Å². The number of nitrogens with one attached hydrogen (secondary N) is 2. The summed E-state index contributed by atoms with van der Waals surface area (Å²) in [6.07, 6.45) is -0.163. The minimum atomic E-state index is -1.05. The van der Waals surface area contributed by atoms with Crippen molar-refractivity contribution < 1.29 is 19.8 Å². The van der Waals surface area contributed by atoms with Crippen molar-refractivity contribution in [3.63, 3.8) is 0 Å². The Kier molecular flexibility index (Phi) is 6.42. The van der Waals surface area contributed by atoms with Crippen LogP contribution in [-0.2, 0) is 22.7 Å². The third-order valence-corrected chi connectivity index (χ3v) is 6.24. The minimum absolute atomic E-state index is 0.0327. The van der Waals surface area contributed by atoms with Crippen molar-refractivity contribution in [2.45, 2.75) is 32.0 Å². The molecule has 0 bridgehead atoms. The number of fused-ring (bicyclic) bond motifs is 3. The lowest BCUT2D eigenvalue weighted by atomic mass is 10.1. The van der Waals surface area contributed by atoms with Crippen molar-refractivity contribution in [1.82, 2.24) is 30.5 Å². The van der Waals surface area contributed by atoms with Crippen molar-refractivity contribution >= 4 is 33.7 Å². The predicted molar refractivity (Wildman–Crippen MR) is 133 cm³/mol. The first-order chi connectivity index (χ1) is 17.5. The average molecular weight is 485 g/mol. The Morgan fingerprint density at radius 3 is 2.42 bits per heavy atom. The van der Waals surface area contributed by atoms with Gasteiger partial charge in [-0.05, 0) is 47.0 Å². The van der Waals surface area contributed by atoms with E-state index in [1.54, 1.807) is 0 Å². The maximum atomic E-state index is 11.4. The lowest BCUT2D eigenvalue weighted by Gasteiger charge is -2.14. The van der Waals surface area contributed by atoms with Gasteiger partial charge in [0, 0.05) is 46.9 Å². The van der Waals surface area contributed by atoms with Crippen LogP contribution >= 0.6 is 0 Å². The molecule has 0 amide bonds. The molecule has 0 aliphatic heterocycles. The first-order valence-electron chi connectivity index (χ1n) is 11.5. The topological polar surface area (TPSA) is 146 Å². The van der Waals surface area contributed by atoms with Crippen LogP contribution in [0.1, 0.15) is 24.0 Å². The average Bonchev–Trinajstić information content (AvgIpc) is 3.52. The number of aromatic nitrogens is 5. The summed E-state index contributed by atoms with van der Waals surface area (Å²) in [5.41, 5.74) is 5.12. The smallest absolute Gasteiger partial charge is 0.320 e. The molecule has 0 radical (unpaired) electrons. The summed E-state index contributed by atoms with van der Waals surface area (Å²) in [6.45, 7) is 1.00. The quantitative estimate of drug-likeness (QED) is 0.236. The normalized spacial score (nSPS) is 12.2. The molecule has 0 aliphatic carbocycles. The van der Waals surface area contributed by atoms with E-state index in [-0.39, 0.29) is 12.8 Å². The molecule has 5 aromatic rings. The van der Waals surface area contributed by atoms with E-state index >= 15 is 0 Å². The summed E-state index contributed by atoms with van der Waals surface area (Å²) in [5, 5.41) is 37.7. The zero-order chi connectivity index (χ0) is 25.1. The van der Waals surface area contributed by atoms with Gasteiger partial charge < -0.3 is 20.1 Å². The van der Waals surface area contributed by atoms with Gasteiger partial charge in [-0.15, -0.1) is 10.2 Å². The van der Waals surface area contributed by atoms with Crippen molar-refractivity contribution in [2.75, 3.05) is 0 Å². The number of para-hydroxylation sites is 1. The van der Waals surface area contributed by atoms with Gasteiger partial charge in [-0.1, -0.05) is 42.5 Å². The lowest BCUT2D eigenvalue weighted by molar-refractivity contribution is -0.140. The molecule has 2 aromatic heterocycles. The molecule has 0 fully saturated rings. The van der Waals surface area contributed by atoms with Crippen molar-refractivity contribution in [2.24, 2.45) is 0 Å². The second-order valence-corrected chi connectivity index (χ2v) is 8.59. The molecular weight excluding hydrogens is 460 g/mol. The third-order valence-electron chi connectivity index (χ3n) is 6.24. The Bertz CT molecular complexity index is 1530. The molecule has 0 saturated carbocycles. The number of hydrogen-bond donors (Lipinski definition) is 4. The molecule has 0 spiro atoms. The number of aliphatic carboxylic acids is 2. The summed E-state index contributed by atoms with van der Waals surface area (Å²) in [7, 11) is 0. The number of carbonyl (C=O) groups is 2. The Hall–Kier alpha value is -4.57. The fourth-order valence-corrected chi connectivity index (χ4v) is 4.41.